The van der Waals surface area contributed by atoms with Crippen molar-refractivity contribution in [2.75, 3.05) is 30.3 Å². The number of hydrogen-bond acceptors (Lipinski definition) is 9. The number of halogens is 4. The second-order valence-electron chi connectivity index (χ2n) is 11.5. The van der Waals surface area contributed by atoms with Gasteiger partial charge in [-0.2, -0.15) is 4.98 Å². The van der Waals surface area contributed by atoms with E-state index < -0.39 is 37.1 Å². The Morgan fingerprint density at radius 1 is 0.875 bits per heavy atom. The number of aromatic nitrogens is 2. The first-order chi connectivity index (χ1) is 22.7. The number of para-hydroxylation sites is 1. The van der Waals surface area contributed by atoms with E-state index in [1.807, 2.05) is 24.3 Å². The summed E-state index contributed by atoms with van der Waals surface area (Å²) in [4.78, 5) is 8.85. The molecular weight excluding hydrogens is 737 g/mol. The first-order valence-electron chi connectivity index (χ1n) is 15.1. The average Bonchev–Trinajstić information content (AvgIpc) is 3.02. The van der Waals surface area contributed by atoms with E-state index in [4.69, 9.17) is 10.1 Å². The third kappa shape index (κ3) is 9.78. The van der Waals surface area contributed by atoms with Crippen molar-refractivity contribution in [2.24, 2.45) is 17.0 Å². The maximum absolute atomic E-state index is 12.9. The van der Waals surface area contributed by atoms with E-state index in [0.717, 1.165) is 54.3 Å². The van der Waals surface area contributed by atoms with Crippen molar-refractivity contribution in [3.05, 3.63) is 76.8 Å². The number of sulfonamides is 2. The number of primary sulfonamides is 1. The van der Waals surface area contributed by atoms with E-state index in [9.17, 15) is 30.0 Å². The van der Waals surface area contributed by atoms with E-state index in [1.54, 1.807) is 12.1 Å². The molecule has 1 heterocycles. The molecule has 3 aromatic carbocycles. The van der Waals surface area contributed by atoms with Crippen LogP contribution in [0, 0.1) is 11.8 Å². The molecule has 0 saturated heterocycles. The number of alkyl halides is 3. The molecule has 5 N–H and O–H groups in total. The molecule has 1 saturated carbocycles. The van der Waals surface area contributed by atoms with Crippen LogP contribution in [0.4, 0.5) is 24.9 Å². The second-order valence-corrected chi connectivity index (χ2v) is 15.7. The molecule has 258 valence electrons. The van der Waals surface area contributed by atoms with E-state index in [2.05, 4.69) is 41.0 Å². The van der Waals surface area contributed by atoms with Crippen molar-refractivity contribution in [2.45, 2.75) is 48.3 Å². The monoisotopic (exact) mass is 770 g/mol. The third-order valence-electron chi connectivity index (χ3n) is 8.06. The minimum atomic E-state index is -5.04. The summed E-state index contributed by atoms with van der Waals surface area (Å²) in [5.41, 5.74) is 1.70. The molecular formula is C31H34BrF3N6O5S2. The van der Waals surface area contributed by atoms with Crippen molar-refractivity contribution in [3.63, 3.8) is 0 Å². The Labute approximate surface area is 285 Å². The van der Waals surface area contributed by atoms with Gasteiger partial charge in [0.1, 0.15) is 10.7 Å². The van der Waals surface area contributed by atoms with Gasteiger partial charge in [-0.15, -0.1) is 13.2 Å². The summed E-state index contributed by atoms with van der Waals surface area (Å²) < 4.78 is 94.1. The fraction of sp³-hybridized carbons (Fsp3) is 0.355. The van der Waals surface area contributed by atoms with Gasteiger partial charge in [-0.05, 0) is 92.0 Å². The summed E-state index contributed by atoms with van der Waals surface area (Å²) in [5, 5.41) is 12.7. The predicted octanol–water partition coefficient (Wildman–Crippen LogP) is 5.79. The molecule has 0 radical (unpaired) electrons. The molecule has 0 spiro atoms. The lowest BCUT2D eigenvalue weighted by Crippen LogP contribution is -2.33. The van der Waals surface area contributed by atoms with Crippen LogP contribution in [0.15, 0.2) is 81.0 Å². The number of rotatable bonds is 13. The lowest BCUT2D eigenvalue weighted by atomic mass is 9.82. The Balaban J connectivity index is 1.13. The smallest absolute Gasteiger partial charge is 0.404 e. The van der Waals surface area contributed by atoms with Crippen molar-refractivity contribution in [3.8, 4) is 5.75 Å². The number of anilines is 2. The number of hydrogen-bond donors (Lipinski definition) is 4. The van der Waals surface area contributed by atoms with Gasteiger partial charge in [0.05, 0.1) is 10.4 Å². The van der Waals surface area contributed by atoms with Gasteiger partial charge < -0.3 is 15.4 Å². The molecule has 4 aromatic rings. The number of nitrogens with two attached hydrogens (primary N) is 1. The molecule has 17 heteroatoms. The van der Waals surface area contributed by atoms with Gasteiger partial charge in [-0.3, -0.25) is 0 Å². The predicted molar refractivity (Wildman–Crippen MR) is 179 cm³/mol. The zero-order valence-corrected chi connectivity index (χ0v) is 28.7. The lowest BCUT2D eigenvalue weighted by Gasteiger charge is -2.29. The van der Waals surface area contributed by atoms with E-state index in [-0.39, 0.29) is 21.8 Å². The summed E-state index contributed by atoms with van der Waals surface area (Å²) >= 11 is 3.05. The lowest BCUT2D eigenvalue weighted by molar-refractivity contribution is -0.275. The van der Waals surface area contributed by atoms with Crippen molar-refractivity contribution in [1.82, 2.24) is 14.7 Å². The Morgan fingerprint density at radius 2 is 1.54 bits per heavy atom. The molecule has 0 aliphatic heterocycles. The molecule has 0 amide bonds. The van der Waals surface area contributed by atoms with Crippen LogP contribution in [0.3, 0.4) is 0 Å². The first kappa shape index (κ1) is 35.8. The van der Waals surface area contributed by atoms with Gasteiger partial charge in [-0.1, -0.05) is 40.2 Å². The summed E-state index contributed by atoms with van der Waals surface area (Å²) in [7, 11) is -8.00. The number of ether oxygens (including phenoxy) is 1. The van der Waals surface area contributed by atoms with Crippen LogP contribution in [0.2, 0.25) is 0 Å². The van der Waals surface area contributed by atoms with E-state index >= 15 is 0 Å². The van der Waals surface area contributed by atoms with Crippen LogP contribution < -0.4 is 25.2 Å². The van der Waals surface area contributed by atoms with Gasteiger partial charge in [0.15, 0.2) is 5.75 Å². The molecule has 5 rings (SSSR count). The molecule has 0 bridgehead atoms. The average molecular weight is 772 g/mol. The first-order valence-corrected chi connectivity index (χ1v) is 18.9. The Hall–Kier alpha value is -3.51. The van der Waals surface area contributed by atoms with Crippen LogP contribution in [0.1, 0.15) is 31.2 Å². The maximum Gasteiger partial charge on any atom is 0.573 e. The third-order valence-corrected chi connectivity index (χ3v) is 10.9. The topological polar surface area (TPSA) is 165 Å². The summed E-state index contributed by atoms with van der Waals surface area (Å²) in [6, 6.07) is 17.4. The Kier molecular flexibility index (Phi) is 11.1. The van der Waals surface area contributed by atoms with Gasteiger partial charge in [0.2, 0.25) is 26.0 Å². The highest BCUT2D eigenvalue weighted by Gasteiger charge is 2.34. The van der Waals surface area contributed by atoms with Crippen LogP contribution in [-0.2, 0) is 26.5 Å². The highest BCUT2D eigenvalue weighted by atomic mass is 79.9. The van der Waals surface area contributed by atoms with Gasteiger partial charge >= 0.3 is 6.36 Å². The normalized spacial score (nSPS) is 17.3. The minimum absolute atomic E-state index is 0.0297. The highest BCUT2D eigenvalue weighted by Crippen LogP contribution is 2.33. The van der Waals surface area contributed by atoms with Gasteiger partial charge in [0.25, 0.3) is 0 Å². The number of fused-ring (bicyclic) bond motifs is 1. The molecule has 48 heavy (non-hydrogen) atoms. The van der Waals surface area contributed by atoms with Crippen LogP contribution in [-0.4, -0.2) is 52.8 Å². The zero-order chi connectivity index (χ0) is 34.5. The van der Waals surface area contributed by atoms with Gasteiger partial charge in [0, 0.05) is 29.5 Å². The highest BCUT2D eigenvalue weighted by molar-refractivity contribution is 9.10. The standard InChI is InChI=1S/C31H34BrF3N6O5S2/c32-23-11-14-28(27(17-23)46-31(33,34)35)48(44,45)39-19-22-7-5-21(6-8-22)18-38-30-40-26-4-2-1-3-25(26)29(41-30)37-16-15-20-9-12-24(13-10-20)47(36,42)43/h1-4,9-14,17,21-22,39H,5-8,15-16,18-19H2,(H2,36,42,43)(H2,37,38,40,41). The SMILES string of the molecule is NS(=O)(=O)c1ccc(CCNc2nc(NCC3CCC(CNS(=O)(=O)c4ccc(Br)cc4OC(F)(F)F)CC3)nc3ccccc23)cc1. The molecule has 0 unspecified atom stereocenters. The molecule has 1 aromatic heterocycles. The second kappa shape index (κ2) is 14.9. The fourth-order valence-electron chi connectivity index (χ4n) is 5.55. The molecule has 1 fully saturated rings. The molecule has 1 aliphatic carbocycles. The molecule has 1 aliphatic rings. The number of nitrogens with zero attached hydrogens (tertiary/aromatic N) is 2. The maximum atomic E-state index is 12.9. The summed E-state index contributed by atoms with van der Waals surface area (Å²) in [6.07, 6.45) is -1.29. The van der Waals surface area contributed by atoms with Crippen LogP contribution >= 0.6 is 15.9 Å². The van der Waals surface area contributed by atoms with Crippen molar-refractivity contribution >= 4 is 58.6 Å². The van der Waals surface area contributed by atoms with E-state index in [1.165, 1.54) is 18.2 Å². The molecule has 11 nitrogen and oxygen atoms in total. The van der Waals surface area contributed by atoms with Gasteiger partial charge in [-0.25, -0.2) is 31.7 Å². The van der Waals surface area contributed by atoms with Crippen molar-refractivity contribution < 1.29 is 34.7 Å². The number of benzene rings is 3. The van der Waals surface area contributed by atoms with Crippen LogP contribution in [0.25, 0.3) is 10.9 Å². The number of nitrogens with one attached hydrogen (secondary N) is 3. The Bertz CT molecular complexity index is 1960. The summed E-state index contributed by atoms with van der Waals surface area (Å²) in [6.45, 7) is 1.26. The Morgan fingerprint density at radius 3 is 2.21 bits per heavy atom. The fourth-order valence-corrected chi connectivity index (χ4v) is 7.63. The minimum Gasteiger partial charge on any atom is -0.404 e. The quantitative estimate of drug-likeness (QED) is 0.132. The summed E-state index contributed by atoms with van der Waals surface area (Å²) in [5.74, 6) is 0.653. The van der Waals surface area contributed by atoms with Crippen LogP contribution in [0.5, 0.6) is 5.75 Å². The van der Waals surface area contributed by atoms with Crippen molar-refractivity contribution in [1.29, 1.82) is 0 Å². The zero-order valence-electron chi connectivity index (χ0n) is 25.5. The largest absolute Gasteiger partial charge is 0.573 e. The van der Waals surface area contributed by atoms with E-state index in [0.29, 0.717) is 37.2 Å². The molecule has 0 atom stereocenters.